The summed E-state index contributed by atoms with van der Waals surface area (Å²) >= 11 is 0. The smallest absolute Gasteiger partial charge is 0.143 e. The van der Waals surface area contributed by atoms with Crippen LogP contribution in [-0.2, 0) is 15.1 Å². The second kappa shape index (κ2) is 17.3. The van der Waals surface area contributed by atoms with E-state index in [1.54, 1.807) is 5.57 Å². The average Bonchev–Trinajstić information content (AvgIpc) is 3.55. The Bertz CT molecular complexity index is 1620. The summed E-state index contributed by atoms with van der Waals surface area (Å²) in [5.41, 5.74) is 5.34. The molecule has 8 atom stereocenters. The fourth-order valence-electron chi connectivity index (χ4n) is 12.3. The highest BCUT2D eigenvalue weighted by molar-refractivity contribution is 5.47. The summed E-state index contributed by atoms with van der Waals surface area (Å²) < 4.78 is 13.5. The summed E-state index contributed by atoms with van der Waals surface area (Å²) in [6.07, 6.45) is 19.5. The van der Waals surface area contributed by atoms with Gasteiger partial charge >= 0.3 is 0 Å². The first kappa shape index (κ1) is 39.1. The van der Waals surface area contributed by atoms with Crippen LogP contribution in [0.5, 0.6) is 0 Å². The third-order valence-corrected chi connectivity index (χ3v) is 15.1. The lowest BCUT2D eigenvalue weighted by Crippen LogP contribution is -2.51. The standard InChI is InChI=1S/C52H68O2/c1-39(2)20-19-21-40(3)47-30-31-48-46-29-28-44-38-45(32-34-50(44,4)49(46)33-35-51(47,48)5)53-36-17-6-7-18-37-54-52(41-22-11-8-12-23-41,42-24-13-9-14-25-42)43-26-15-10-16-27-43/h8-16,22-28,39-40,45-49H,17-21,29-38H2,1-5H3/t40-,45?,46+,47-,48+,49+,50+,51-/m1/s1. The van der Waals surface area contributed by atoms with Gasteiger partial charge in [0.15, 0.2) is 0 Å². The molecule has 54 heavy (non-hydrogen) atoms. The van der Waals surface area contributed by atoms with E-state index in [2.05, 4.69) is 144 Å². The first-order valence-corrected chi connectivity index (χ1v) is 21.8. The van der Waals surface area contributed by atoms with Gasteiger partial charge in [0, 0.05) is 12.8 Å². The summed E-state index contributed by atoms with van der Waals surface area (Å²) in [5.74, 6) is 12.1. The molecule has 3 aromatic rings. The van der Waals surface area contributed by atoms with Gasteiger partial charge in [0.1, 0.15) is 5.60 Å². The SMILES string of the molecule is CC(C)CCC[C@@H](C)[C@H]1CC[C@H]2[C@@H]3CC=C4CC(OCCC#CCCOC(c5ccccc5)(c5ccccc5)c5ccccc5)CC[C@]4(C)[C@H]3CC[C@]12C. The molecule has 0 N–H and O–H groups in total. The van der Waals surface area contributed by atoms with Gasteiger partial charge in [0.25, 0.3) is 0 Å². The molecule has 3 aromatic carbocycles. The zero-order valence-corrected chi connectivity index (χ0v) is 34.2. The Morgan fingerprint density at radius 2 is 1.31 bits per heavy atom. The predicted molar refractivity (Wildman–Crippen MR) is 225 cm³/mol. The van der Waals surface area contributed by atoms with E-state index in [9.17, 15) is 0 Å². The normalized spacial score (nSPS) is 29.7. The molecule has 0 heterocycles. The highest BCUT2D eigenvalue weighted by atomic mass is 16.5. The predicted octanol–water partition coefficient (Wildman–Crippen LogP) is 13.2. The fourth-order valence-corrected chi connectivity index (χ4v) is 12.3. The number of benzene rings is 3. The van der Waals surface area contributed by atoms with E-state index in [1.165, 1.54) is 64.2 Å². The minimum Gasteiger partial charge on any atom is -0.377 e. The number of ether oxygens (including phenoxy) is 2. The zero-order valence-electron chi connectivity index (χ0n) is 34.2. The molecule has 0 spiro atoms. The first-order valence-electron chi connectivity index (χ1n) is 21.8. The maximum Gasteiger partial charge on any atom is 0.143 e. The van der Waals surface area contributed by atoms with Gasteiger partial charge in [-0.1, -0.05) is 157 Å². The Balaban J connectivity index is 0.910. The van der Waals surface area contributed by atoms with E-state index in [0.717, 1.165) is 65.0 Å². The van der Waals surface area contributed by atoms with E-state index < -0.39 is 5.60 Å². The molecule has 288 valence electrons. The molecule has 3 saturated carbocycles. The van der Waals surface area contributed by atoms with Crippen LogP contribution in [-0.4, -0.2) is 19.3 Å². The van der Waals surface area contributed by atoms with Crippen LogP contribution < -0.4 is 0 Å². The van der Waals surface area contributed by atoms with E-state index >= 15 is 0 Å². The largest absolute Gasteiger partial charge is 0.377 e. The van der Waals surface area contributed by atoms with Gasteiger partial charge in [-0.15, -0.1) is 11.8 Å². The lowest BCUT2D eigenvalue weighted by Gasteiger charge is -2.58. The fraction of sp³-hybridized carbons (Fsp3) is 0.577. The number of fused-ring (bicyclic) bond motifs is 5. The van der Waals surface area contributed by atoms with Crippen molar-refractivity contribution in [3.63, 3.8) is 0 Å². The number of hydrogen-bond donors (Lipinski definition) is 0. The van der Waals surface area contributed by atoms with Crippen LogP contribution in [0.1, 0.15) is 135 Å². The van der Waals surface area contributed by atoms with Crippen LogP contribution in [0.4, 0.5) is 0 Å². The summed E-state index contributed by atoms with van der Waals surface area (Å²) in [6, 6.07) is 31.8. The molecule has 0 radical (unpaired) electrons. The lowest BCUT2D eigenvalue weighted by atomic mass is 9.47. The maximum atomic E-state index is 6.91. The molecular formula is C52H68O2. The molecule has 7 rings (SSSR count). The van der Waals surface area contributed by atoms with Crippen molar-refractivity contribution < 1.29 is 9.47 Å². The minimum atomic E-state index is -0.694. The summed E-state index contributed by atoms with van der Waals surface area (Å²) in [5, 5.41) is 0. The van der Waals surface area contributed by atoms with Crippen molar-refractivity contribution >= 4 is 0 Å². The van der Waals surface area contributed by atoms with E-state index in [4.69, 9.17) is 9.47 Å². The van der Waals surface area contributed by atoms with Gasteiger partial charge in [-0.25, -0.2) is 0 Å². The van der Waals surface area contributed by atoms with Crippen molar-refractivity contribution in [1.29, 1.82) is 0 Å². The molecule has 0 bridgehead atoms. The van der Waals surface area contributed by atoms with Gasteiger partial charge in [-0.2, -0.15) is 0 Å². The Kier molecular flexibility index (Phi) is 12.6. The second-order valence-electron chi connectivity index (χ2n) is 18.5. The minimum absolute atomic E-state index is 0.339. The van der Waals surface area contributed by atoms with Crippen molar-refractivity contribution in [1.82, 2.24) is 0 Å². The molecule has 3 fully saturated rings. The Morgan fingerprint density at radius 1 is 0.704 bits per heavy atom. The highest BCUT2D eigenvalue weighted by Gasteiger charge is 2.59. The van der Waals surface area contributed by atoms with Crippen LogP contribution in [0.15, 0.2) is 103 Å². The van der Waals surface area contributed by atoms with Crippen LogP contribution in [0, 0.1) is 58.2 Å². The Morgan fingerprint density at radius 3 is 1.93 bits per heavy atom. The van der Waals surface area contributed by atoms with Crippen molar-refractivity contribution in [3.8, 4) is 11.8 Å². The molecule has 0 saturated heterocycles. The highest BCUT2D eigenvalue weighted by Crippen LogP contribution is 2.67. The second-order valence-corrected chi connectivity index (χ2v) is 18.5. The van der Waals surface area contributed by atoms with Gasteiger partial charge in [0.05, 0.1) is 19.3 Å². The van der Waals surface area contributed by atoms with E-state index in [1.807, 2.05) is 0 Å². The number of hydrogen-bond acceptors (Lipinski definition) is 2. The molecule has 0 amide bonds. The van der Waals surface area contributed by atoms with Gasteiger partial charge in [0.2, 0.25) is 0 Å². The van der Waals surface area contributed by atoms with Crippen LogP contribution in [0.25, 0.3) is 0 Å². The van der Waals surface area contributed by atoms with Crippen LogP contribution in [0.3, 0.4) is 0 Å². The Hall–Kier alpha value is -3.12. The van der Waals surface area contributed by atoms with Gasteiger partial charge in [-0.3, -0.25) is 0 Å². The third kappa shape index (κ3) is 7.93. The van der Waals surface area contributed by atoms with Crippen LogP contribution in [0.2, 0.25) is 0 Å². The van der Waals surface area contributed by atoms with Crippen LogP contribution >= 0.6 is 0 Å². The summed E-state index contributed by atoms with van der Waals surface area (Å²) in [7, 11) is 0. The Labute approximate surface area is 328 Å². The van der Waals surface area contributed by atoms with E-state index in [0.29, 0.717) is 36.6 Å². The van der Waals surface area contributed by atoms with Crippen molar-refractivity contribution in [2.75, 3.05) is 13.2 Å². The van der Waals surface area contributed by atoms with E-state index in [-0.39, 0.29) is 0 Å². The van der Waals surface area contributed by atoms with Crippen molar-refractivity contribution in [2.24, 2.45) is 46.3 Å². The average molecular weight is 725 g/mol. The number of rotatable bonds is 14. The molecule has 4 aliphatic rings. The summed E-state index contributed by atoms with van der Waals surface area (Å²) in [4.78, 5) is 0. The van der Waals surface area contributed by atoms with Crippen molar-refractivity contribution in [3.05, 3.63) is 119 Å². The quantitative estimate of drug-likeness (QED) is 0.0713. The zero-order chi connectivity index (χ0) is 37.6. The molecule has 1 unspecified atom stereocenters. The molecular weight excluding hydrogens is 657 g/mol. The van der Waals surface area contributed by atoms with Gasteiger partial charge < -0.3 is 9.47 Å². The maximum absolute atomic E-state index is 6.91. The molecule has 2 nitrogen and oxygen atoms in total. The van der Waals surface area contributed by atoms with Crippen molar-refractivity contribution in [2.45, 2.75) is 130 Å². The molecule has 0 aromatic heterocycles. The monoisotopic (exact) mass is 725 g/mol. The lowest BCUT2D eigenvalue weighted by molar-refractivity contribution is -0.0635. The summed E-state index contributed by atoms with van der Waals surface area (Å²) in [6.45, 7) is 14.0. The topological polar surface area (TPSA) is 18.5 Å². The molecule has 4 aliphatic carbocycles. The number of allylic oxidation sites excluding steroid dienone is 1. The molecule has 0 aliphatic heterocycles. The third-order valence-electron chi connectivity index (χ3n) is 15.1. The van der Waals surface area contributed by atoms with Gasteiger partial charge in [-0.05, 0) is 114 Å². The molecule has 2 heteroatoms. The first-order chi connectivity index (χ1) is 26.3.